The van der Waals surface area contributed by atoms with Crippen LogP contribution in [0.5, 0.6) is 0 Å². The van der Waals surface area contributed by atoms with Crippen LogP contribution < -0.4 is 5.32 Å². The van der Waals surface area contributed by atoms with Crippen molar-refractivity contribution in [3.63, 3.8) is 0 Å². The monoisotopic (exact) mass is 488 g/mol. The molecule has 0 saturated heterocycles. The van der Waals surface area contributed by atoms with Gasteiger partial charge in [-0.2, -0.15) is 0 Å². The molecule has 0 aromatic carbocycles. The average Bonchev–Trinajstić information content (AvgIpc) is 2.77. The maximum absolute atomic E-state index is 12.4. The smallest absolute Gasteiger partial charge is 0.313 e. The van der Waals surface area contributed by atoms with Crippen molar-refractivity contribution in [3.05, 3.63) is 45.6 Å². The Hall–Kier alpha value is -2.02. The number of nitrogens with one attached hydrogen (secondary N) is 1. The van der Waals surface area contributed by atoms with Gasteiger partial charge in [-0.25, -0.2) is 15.0 Å². The number of hydrogen-bond donors (Lipinski definition) is 1. The molecule has 6 nitrogen and oxygen atoms in total. The average molecular weight is 489 g/mol. The second kappa shape index (κ2) is 12.1. The van der Waals surface area contributed by atoms with E-state index in [4.69, 9.17) is 9.72 Å². The lowest BCUT2D eigenvalue weighted by molar-refractivity contribution is -0.145. The molecule has 2 aromatic rings. The third-order valence-corrected chi connectivity index (χ3v) is 6.41. The van der Waals surface area contributed by atoms with Gasteiger partial charge in [0.05, 0.1) is 18.2 Å². The van der Waals surface area contributed by atoms with Gasteiger partial charge in [0.15, 0.2) is 0 Å². The predicted octanol–water partition coefficient (Wildman–Crippen LogP) is 5.53. The lowest BCUT2D eigenvalue weighted by Crippen LogP contribution is -2.17. The third kappa shape index (κ3) is 6.99. The number of rotatable bonds is 11. The Bertz CT molecular complexity index is 857. The van der Waals surface area contributed by atoms with Crippen LogP contribution in [0.25, 0.3) is 0 Å². The van der Waals surface area contributed by atoms with Gasteiger partial charge in [-0.1, -0.05) is 25.7 Å². The third-order valence-electron chi connectivity index (χ3n) is 5.72. The van der Waals surface area contributed by atoms with E-state index in [-0.39, 0.29) is 11.9 Å². The van der Waals surface area contributed by atoms with Crippen molar-refractivity contribution < 1.29 is 9.53 Å². The Morgan fingerprint density at radius 2 is 1.94 bits per heavy atom. The van der Waals surface area contributed by atoms with E-state index in [0.29, 0.717) is 12.4 Å². The first kappa shape index (κ1) is 23.6. The van der Waals surface area contributed by atoms with E-state index >= 15 is 0 Å². The van der Waals surface area contributed by atoms with Gasteiger partial charge in [0.1, 0.15) is 11.6 Å². The molecular weight excluding hydrogens is 456 g/mol. The molecular formula is C24H33BrN4O2. The molecule has 0 amide bonds. The number of hydrogen-bond acceptors (Lipinski definition) is 6. The van der Waals surface area contributed by atoms with Crippen LogP contribution in [0.4, 0.5) is 5.82 Å². The summed E-state index contributed by atoms with van der Waals surface area (Å²) in [5.41, 5.74) is 3.31. The van der Waals surface area contributed by atoms with Crippen LogP contribution in [0, 0.1) is 6.92 Å². The fourth-order valence-electron chi connectivity index (χ4n) is 3.99. The van der Waals surface area contributed by atoms with Gasteiger partial charge in [-0.05, 0) is 73.5 Å². The molecule has 1 N–H and O–H groups in total. The lowest BCUT2D eigenvalue weighted by atomic mass is 9.95. The van der Waals surface area contributed by atoms with Crippen LogP contribution in [0.15, 0.2) is 22.9 Å². The number of nitrogens with zero attached hydrogens (tertiary/aromatic N) is 3. The minimum absolute atomic E-state index is 0.174. The number of aryl methyl sites for hydroxylation is 3. The number of ether oxygens (including phenoxy) is 1. The lowest BCUT2D eigenvalue weighted by Gasteiger charge is -2.18. The van der Waals surface area contributed by atoms with E-state index in [1.165, 1.54) is 12.0 Å². The van der Waals surface area contributed by atoms with Gasteiger partial charge in [0.25, 0.3) is 0 Å². The summed E-state index contributed by atoms with van der Waals surface area (Å²) in [5, 5.41) is 3.42. The fraction of sp³-hybridized carbons (Fsp3) is 0.583. The highest BCUT2D eigenvalue weighted by molar-refractivity contribution is 9.10. The molecule has 0 unspecified atom stereocenters. The van der Waals surface area contributed by atoms with Gasteiger partial charge in [-0.15, -0.1) is 0 Å². The van der Waals surface area contributed by atoms with E-state index in [0.717, 1.165) is 79.5 Å². The zero-order valence-electron chi connectivity index (χ0n) is 18.6. The molecule has 0 fully saturated rings. The quantitative estimate of drug-likeness (QED) is 0.330. The van der Waals surface area contributed by atoms with Gasteiger partial charge >= 0.3 is 5.97 Å². The molecule has 1 aliphatic rings. The Balaban J connectivity index is 1.40. The molecule has 0 saturated carbocycles. The number of fused-ring (bicyclic) bond motifs is 1. The van der Waals surface area contributed by atoms with Crippen LogP contribution in [-0.4, -0.2) is 34.1 Å². The summed E-state index contributed by atoms with van der Waals surface area (Å²) in [6.07, 6.45) is 13.1. The van der Waals surface area contributed by atoms with E-state index in [2.05, 4.69) is 37.3 Å². The van der Waals surface area contributed by atoms with E-state index in [1.54, 1.807) is 12.4 Å². The van der Waals surface area contributed by atoms with Crippen LogP contribution in [0.3, 0.4) is 0 Å². The Morgan fingerprint density at radius 1 is 1.19 bits per heavy atom. The van der Waals surface area contributed by atoms with Crippen molar-refractivity contribution >= 4 is 27.7 Å². The molecule has 7 heteroatoms. The number of anilines is 1. The van der Waals surface area contributed by atoms with Crippen molar-refractivity contribution in [2.75, 3.05) is 18.5 Å². The highest BCUT2D eigenvalue weighted by Gasteiger charge is 2.22. The van der Waals surface area contributed by atoms with Gasteiger partial charge in [0, 0.05) is 29.0 Å². The number of halogens is 1. The van der Waals surface area contributed by atoms with E-state index < -0.39 is 0 Å². The SMILES string of the molecule is CCOC(=O)[C@H](CCCCCCCc1nc2c(cc1Br)CCCN2)c1cnc(C)nc1. The number of aromatic nitrogens is 3. The van der Waals surface area contributed by atoms with Crippen molar-refractivity contribution in [2.45, 2.75) is 77.6 Å². The summed E-state index contributed by atoms with van der Waals surface area (Å²) >= 11 is 3.69. The molecule has 31 heavy (non-hydrogen) atoms. The second-order valence-electron chi connectivity index (χ2n) is 8.13. The van der Waals surface area contributed by atoms with Crippen molar-refractivity contribution in [3.8, 4) is 0 Å². The Kier molecular flexibility index (Phi) is 9.25. The summed E-state index contributed by atoms with van der Waals surface area (Å²) in [6, 6.07) is 2.23. The number of carbonyl (C=O) groups is 1. The van der Waals surface area contributed by atoms with E-state index in [9.17, 15) is 4.79 Å². The molecule has 0 spiro atoms. The van der Waals surface area contributed by atoms with Crippen molar-refractivity contribution in [1.82, 2.24) is 15.0 Å². The summed E-state index contributed by atoms with van der Waals surface area (Å²) in [5.74, 6) is 1.33. The Morgan fingerprint density at radius 3 is 2.71 bits per heavy atom. The van der Waals surface area contributed by atoms with Crippen LogP contribution >= 0.6 is 15.9 Å². The minimum Gasteiger partial charge on any atom is -0.466 e. The zero-order valence-corrected chi connectivity index (χ0v) is 20.2. The molecule has 2 aromatic heterocycles. The number of carbonyl (C=O) groups excluding carboxylic acids is 1. The molecule has 168 valence electrons. The summed E-state index contributed by atoms with van der Waals surface area (Å²) in [7, 11) is 0. The maximum Gasteiger partial charge on any atom is 0.313 e. The number of pyridine rings is 1. The summed E-state index contributed by atoms with van der Waals surface area (Å²) < 4.78 is 6.40. The molecule has 0 bridgehead atoms. The fourth-order valence-corrected chi connectivity index (χ4v) is 4.55. The summed E-state index contributed by atoms with van der Waals surface area (Å²) in [4.78, 5) is 25.7. The minimum atomic E-state index is -0.274. The van der Waals surface area contributed by atoms with E-state index in [1.807, 2.05) is 13.8 Å². The van der Waals surface area contributed by atoms with Gasteiger partial charge in [-0.3, -0.25) is 4.79 Å². The standard InChI is InChI=1S/C24H33BrN4O2/c1-3-31-24(30)20(19-15-27-17(2)28-16-19)11-7-5-4-6-8-12-22-21(25)14-18-10-9-13-26-23(18)29-22/h14-16,20H,3-13H2,1-2H3,(H,26,29)/t20-/m1/s1. The van der Waals surface area contributed by atoms with Crippen molar-refractivity contribution in [2.24, 2.45) is 0 Å². The first-order valence-corrected chi connectivity index (χ1v) is 12.2. The van der Waals surface area contributed by atoms with Crippen LogP contribution in [-0.2, 0) is 22.4 Å². The molecule has 1 atom stereocenters. The van der Waals surface area contributed by atoms with Crippen LogP contribution in [0.2, 0.25) is 0 Å². The molecule has 1 aliphatic heterocycles. The molecule has 3 rings (SSSR count). The van der Waals surface area contributed by atoms with Gasteiger partial charge < -0.3 is 10.1 Å². The topological polar surface area (TPSA) is 77.0 Å². The second-order valence-corrected chi connectivity index (χ2v) is 8.98. The molecule has 0 radical (unpaired) electrons. The Labute approximate surface area is 193 Å². The molecule has 0 aliphatic carbocycles. The van der Waals surface area contributed by atoms with Crippen molar-refractivity contribution in [1.29, 1.82) is 0 Å². The predicted molar refractivity (Wildman–Crippen MR) is 126 cm³/mol. The number of esters is 1. The summed E-state index contributed by atoms with van der Waals surface area (Å²) in [6.45, 7) is 5.09. The number of unbranched alkanes of at least 4 members (excludes halogenated alkanes) is 4. The largest absolute Gasteiger partial charge is 0.466 e. The highest BCUT2D eigenvalue weighted by Crippen LogP contribution is 2.27. The first-order chi connectivity index (χ1) is 15.1. The maximum atomic E-state index is 12.4. The normalized spacial score (nSPS) is 13.9. The first-order valence-electron chi connectivity index (χ1n) is 11.5. The highest BCUT2D eigenvalue weighted by atomic mass is 79.9. The molecule has 3 heterocycles. The zero-order chi connectivity index (χ0) is 22.1. The van der Waals surface area contributed by atoms with Gasteiger partial charge in [0.2, 0.25) is 0 Å². The van der Waals surface area contributed by atoms with Crippen LogP contribution in [0.1, 0.15) is 80.4 Å².